The molecule has 7 nitrogen and oxygen atoms in total. The summed E-state index contributed by atoms with van der Waals surface area (Å²) < 4.78 is 6.40. The molecule has 8 heteroatoms. The molecule has 3 heterocycles. The maximum atomic E-state index is 13.1. The number of carbonyl (C=O) groups is 2. The van der Waals surface area contributed by atoms with E-state index in [9.17, 15) is 14.4 Å². The van der Waals surface area contributed by atoms with Crippen LogP contribution in [-0.2, 0) is 22.5 Å². The second kappa shape index (κ2) is 8.23. The van der Waals surface area contributed by atoms with Crippen LogP contribution in [0.5, 0.6) is 0 Å². The second-order valence-electron chi connectivity index (χ2n) is 7.08. The SMILES string of the molecule is C=CCOC(=O)c1sc2ncn(CC(=O)N3CCCc4ccccc43)c(=O)c2c1C. The minimum absolute atomic E-state index is 0.0932. The number of aromatic nitrogens is 2. The van der Waals surface area contributed by atoms with Crippen molar-refractivity contribution in [3.63, 3.8) is 0 Å². The quantitative estimate of drug-likeness (QED) is 0.465. The Morgan fingerprint density at radius 3 is 2.93 bits per heavy atom. The number of nitrogens with zero attached hydrogens (tertiary/aromatic N) is 3. The lowest BCUT2D eigenvalue weighted by molar-refractivity contribution is -0.119. The first kappa shape index (κ1) is 20.0. The highest BCUT2D eigenvalue weighted by Gasteiger charge is 2.24. The molecular weight excluding hydrogens is 402 g/mol. The summed E-state index contributed by atoms with van der Waals surface area (Å²) >= 11 is 1.11. The molecule has 30 heavy (non-hydrogen) atoms. The number of rotatable bonds is 5. The Bertz CT molecular complexity index is 1210. The standard InChI is InChI=1S/C22H21N3O4S/c1-3-11-29-22(28)19-14(2)18-20(30-19)23-13-24(21(18)27)12-17(26)25-10-6-8-15-7-4-5-9-16(15)25/h3-5,7,9,13H,1,6,8,10-12H2,2H3. The number of hydrogen-bond donors (Lipinski definition) is 0. The van der Waals surface area contributed by atoms with Gasteiger partial charge in [-0.25, -0.2) is 9.78 Å². The van der Waals surface area contributed by atoms with Crippen LogP contribution in [0.15, 0.2) is 48.0 Å². The molecule has 0 aliphatic carbocycles. The van der Waals surface area contributed by atoms with Gasteiger partial charge in [0.05, 0.1) is 11.7 Å². The number of para-hydroxylation sites is 1. The van der Waals surface area contributed by atoms with Crippen molar-refractivity contribution < 1.29 is 14.3 Å². The van der Waals surface area contributed by atoms with Crippen molar-refractivity contribution in [2.45, 2.75) is 26.3 Å². The van der Waals surface area contributed by atoms with E-state index in [1.54, 1.807) is 11.8 Å². The highest BCUT2D eigenvalue weighted by atomic mass is 32.1. The van der Waals surface area contributed by atoms with Crippen LogP contribution in [-0.4, -0.2) is 34.6 Å². The number of anilines is 1. The van der Waals surface area contributed by atoms with Crippen LogP contribution in [0.2, 0.25) is 0 Å². The van der Waals surface area contributed by atoms with Crippen LogP contribution >= 0.6 is 11.3 Å². The van der Waals surface area contributed by atoms with E-state index in [0.29, 0.717) is 27.2 Å². The fourth-order valence-corrected chi connectivity index (χ4v) is 4.72. The maximum Gasteiger partial charge on any atom is 0.348 e. The van der Waals surface area contributed by atoms with E-state index < -0.39 is 5.97 Å². The molecule has 0 saturated heterocycles. The van der Waals surface area contributed by atoms with Crippen LogP contribution in [0.25, 0.3) is 10.2 Å². The summed E-state index contributed by atoms with van der Waals surface area (Å²) in [7, 11) is 0. The van der Waals surface area contributed by atoms with Crippen molar-refractivity contribution in [1.82, 2.24) is 9.55 Å². The van der Waals surface area contributed by atoms with Crippen LogP contribution in [0, 0.1) is 6.92 Å². The molecule has 4 rings (SSSR count). The first-order chi connectivity index (χ1) is 14.5. The number of ether oxygens (including phenoxy) is 1. The molecule has 1 aliphatic heterocycles. The third-order valence-corrected chi connectivity index (χ3v) is 6.33. The highest BCUT2D eigenvalue weighted by molar-refractivity contribution is 7.20. The van der Waals surface area contributed by atoms with Gasteiger partial charge in [-0.3, -0.25) is 14.2 Å². The summed E-state index contributed by atoms with van der Waals surface area (Å²) in [5, 5.41) is 0.347. The summed E-state index contributed by atoms with van der Waals surface area (Å²) in [5.74, 6) is -0.675. The first-order valence-electron chi connectivity index (χ1n) is 9.66. The minimum atomic E-state index is -0.512. The summed E-state index contributed by atoms with van der Waals surface area (Å²) in [5.41, 5.74) is 2.21. The lowest BCUT2D eigenvalue weighted by Crippen LogP contribution is -2.39. The van der Waals surface area contributed by atoms with Crippen LogP contribution in [0.4, 0.5) is 5.69 Å². The van der Waals surface area contributed by atoms with Crippen molar-refractivity contribution in [2.75, 3.05) is 18.1 Å². The lowest BCUT2D eigenvalue weighted by Gasteiger charge is -2.29. The maximum absolute atomic E-state index is 13.1. The monoisotopic (exact) mass is 423 g/mol. The number of thiophene rings is 1. The lowest BCUT2D eigenvalue weighted by atomic mass is 10.0. The van der Waals surface area contributed by atoms with E-state index in [1.165, 1.54) is 17.0 Å². The molecule has 0 spiro atoms. The van der Waals surface area contributed by atoms with Gasteiger partial charge in [0.1, 0.15) is 22.9 Å². The Kier molecular flexibility index (Phi) is 5.50. The average molecular weight is 423 g/mol. The van der Waals surface area contributed by atoms with E-state index in [4.69, 9.17) is 4.74 Å². The fourth-order valence-electron chi connectivity index (χ4n) is 3.69. The van der Waals surface area contributed by atoms with Gasteiger partial charge >= 0.3 is 5.97 Å². The molecular formula is C22H21N3O4S. The molecule has 0 N–H and O–H groups in total. The van der Waals surface area contributed by atoms with E-state index in [0.717, 1.165) is 35.4 Å². The summed E-state index contributed by atoms with van der Waals surface area (Å²) in [6, 6.07) is 7.83. The average Bonchev–Trinajstić information content (AvgIpc) is 3.10. The molecule has 3 aromatic rings. The van der Waals surface area contributed by atoms with Gasteiger partial charge in [-0.05, 0) is 37.0 Å². The molecule has 0 unspecified atom stereocenters. The van der Waals surface area contributed by atoms with E-state index in [2.05, 4.69) is 11.6 Å². The Hall–Kier alpha value is -3.26. The first-order valence-corrected chi connectivity index (χ1v) is 10.5. The van der Waals surface area contributed by atoms with Gasteiger partial charge in [-0.1, -0.05) is 30.9 Å². The fraction of sp³-hybridized carbons (Fsp3) is 0.273. The van der Waals surface area contributed by atoms with Crippen LogP contribution in [0.1, 0.15) is 27.2 Å². The van der Waals surface area contributed by atoms with E-state index >= 15 is 0 Å². The zero-order valence-corrected chi connectivity index (χ0v) is 17.4. The number of carbonyl (C=O) groups excluding carboxylic acids is 2. The second-order valence-corrected chi connectivity index (χ2v) is 8.08. The molecule has 1 aromatic carbocycles. The summed E-state index contributed by atoms with van der Waals surface area (Å²) in [6.07, 6.45) is 4.67. The summed E-state index contributed by atoms with van der Waals surface area (Å²) in [4.78, 5) is 45.1. The van der Waals surface area contributed by atoms with Gasteiger partial charge < -0.3 is 9.64 Å². The van der Waals surface area contributed by atoms with Gasteiger partial charge in [0.25, 0.3) is 5.56 Å². The number of fused-ring (bicyclic) bond motifs is 2. The Balaban J connectivity index is 1.64. The Morgan fingerprint density at radius 1 is 1.33 bits per heavy atom. The molecule has 0 atom stereocenters. The number of aryl methyl sites for hydroxylation is 2. The van der Waals surface area contributed by atoms with Crippen LogP contribution in [0.3, 0.4) is 0 Å². The van der Waals surface area contributed by atoms with Crippen LogP contribution < -0.4 is 10.5 Å². The molecule has 1 aliphatic rings. The predicted molar refractivity (Wildman–Crippen MR) is 116 cm³/mol. The van der Waals surface area contributed by atoms with Gasteiger partial charge in [0, 0.05) is 12.2 Å². The van der Waals surface area contributed by atoms with Crippen molar-refractivity contribution in [3.05, 3.63) is 69.6 Å². The molecule has 0 bridgehead atoms. The van der Waals surface area contributed by atoms with Crippen molar-refractivity contribution in [3.8, 4) is 0 Å². The summed E-state index contributed by atoms with van der Waals surface area (Å²) in [6.45, 7) is 5.82. The van der Waals surface area contributed by atoms with Gasteiger partial charge in [-0.15, -0.1) is 11.3 Å². The molecule has 2 aromatic heterocycles. The third kappa shape index (κ3) is 3.54. The smallest absolute Gasteiger partial charge is 0.348 e. The molecule has 0 radical (unpaired) electrons. The van der Waals surface area contributed by atoms with Crippen molar-refractivity contribution in [2.24, 2.45) is 0 Å². The molecule has 0 fully saturated rings. The predicted octanol–water partition coefficient (Wildman–Crippen LogP) is 3.09. The Labute approximate surface area is 177 Å². The van der Waals surface area contributed by atoms with Crippen molar-refractivity contribution >= 4 is 39.1 Å². The largest absolute Gasteiger partial charge is 0.457 e. The van der Waals surface area contributed by atoms with Gasteiger partial charge in [-0.2, -0.15) is 0 Å². The number of hydrogen-bond acceptors (Lipinski definition) is 6. The third-order valence-electron chi connectivity index (χ3n) is 5.15. The van der Waals surface area contributed by atoms with E-state index in [1.807, 2.05) is 24.3 Å². The molecule has 154 valence electrons. The zero-order chi connectivity index (χ0) is 21.3. The topological polar surface area (TPSA) is 81.5 Å². The minimum Gasteiger partial charge on any atom is -0.457 e. The molecule has 0 saturated carbocycles. The number of amides is 1. The Morgan fingerprint density at radius 2 is 2.13 bits per heavy atom. The zero-order valence-electron chi connectivity index (χ0n) is 16.6. The van der Waals surface area contributed by atoms with Gasteiger partial charge in [0.2, 0.25) is 5.91 Å². The highest BCUT2D eigenvalue weighted by Crippen LogP contribution is 2.28. The van der Waals surface area contributed by atoms with E-state index in [-0.39, 0.29) is 24.6 Å². The number of benzene rings is 1. The van der Waals surface area contributed by atoms with Gasteiger partial charge in [0.15, 0.2) is 0 Å². The normalized spacial score (nSPS) is 13.2. The van der Waals surface area contributed by atoms with Crippen molar-refractivity contribution in [1.29, 1.82) is 0 Å². The number of esters is 1. The molecule has 1 amide bonds.